The Morgan fingerprint density at radius 1 is 1.12 bits per heavy atom. The Morgan fingerprint density at radius 2 is 1.81 bits per heavy atom. The van der Waals surface area contributed by atoms with Crippen LogP contribution in [0.25, 0.3) is 0 Å². The Morgan fingerprint density at radius 3 is 2.46 bits per heavy atom. The number of hydrogen-bond acceptors (Lipinski definition) is 6. The van der Waals surface area contributed by atoms with Crippen LogP contribution in [0.4, 0.5) is 18.9 Å². The lowest BCUT2D eigenvalue weighted by molar-refractivity contribution is -0.140. The lowest BCUT2D eigenvalue weighted by Crippen LogP contribution is -2.56. The first-order valence-corrected chi connectivity index (χ1v) is 8.79. The Hall–Kier alpha value is -1.42. The van der Waals surface area contributed by atoms with E-state index in [0.29, 0.717) is 19.6 Å². The van der Waals surface area contributed by atoms with E-state index < -0.39 is 30.2 Å². The van der Waals surface area contributed by atoms with E-state index in [9.17, 15) is 28.5 Å². The van der Waals surface area contributed by atoms with Crippen LogP contribution in [0.2, 0.25) is 0 Å². The Labute approximate surface area is 149 Å². The average Bonchev–Trinajstić information content (AvgIpc) is 2.59. The fraction of sp³-hybridized carbons (Fsp3) is 0.706. The average molecular weight is 375 g/mol. The van der Waals surface area contributed by atoms with E-state index in [1.54, 1.807) is 4.90 Å². The number of alkyl halides is 3. The van der Waals surface area contributed by atoms with Crippen LogP contribution in [0.3, 0.4) is 0 Å². The summed E-state index contributed by atoms with van der Waals surface area (Å²) in [4.78, 5) is 7.11. The van der Waals surface area contributed by atoms with Crippen molar-refractivity contribution in [2.24, 2.45) is 5.92 Å². The highest BCUT2D eigenvalue weighted by molar-refractivity contribution is 5.52. The molecule has 26 heavy (non-hydrogen) atoms. The van der Waals surface area contributed by atoms with Crippen LogP contribution in [0.1, 0.15) is 18.5 Å². The zero-order valence-electron chi connectivity index (χ0n) is 14.3. The van der Waals surface area contributed by atoms with Gasteiger partial charge >= 0.3 is 6.18 Å². The number of rotatable bonds is 3. The molecule has 0 bridgehead atoms. The summed E-state index contributed by atoms with van der Waals surface area (Å²) in [6, 6.07) is 2.95. The van der Waals surface area contributed by atoms with Crippen LogP contribution in [0.15, 0.2) is 18.3 Å². The van der Waals surface area contributed by atoms with Crippen molar-refractivity contribution in [2.75, 3.05) is 37.6 Å². The minimum atomic E-state index is -4.50. The highest BCUT2D eigenvalue weighted by Crippen LogP contribution is 2.36. The van der Waals surface area contributed by atoms with Gasteiger partial charge in [0, 0.05) is 38.9 Å². The van der Waals surface area contributed by atoms with Gasteiger partial charge in [-0.2, -0.15) is 13.2 Å². The minimum Gasteiger partial charge on any atom is -0.389 e. The number of piperidine rings is 2. The fourth-order valence-corrected chi connectivity index (χ4v) is 3.89. The molecule has 9 heteroatoms. The van der Waals surface area contributed by atoms with Gasteiger partial charge in [0.1, 0.15) is 6.10 Å². The molecule has 2 aliphatic heterocycles. The second-order valence-corrected chi connectivity index (χ2v) is 7.17. The molecular formula is C17H24F3N3O3. The van der Waals surface area contributed by atoms with E-state index in [1.165, 1.54) is 12.1 Å². The van der Waals surface area contributed by atoms with E-state index in [-0.39, 0.29) is 24.7 Å². The smallest absolute Gasteiger partial charge is 0.389 e. The van der Waals surface area contributed by atoms with Crippen LogP contribution in [-0.2, 0) is 6.18 Å². The highest BCUT2D eigenvalue weighted by Gasteiger charge is 2.38. The molecule has 2 fully saturated rings. The van der Waals surface area contributed by atoms with Crippen LogP contribution in [-0.4, -0.2) is 76.2 Å². The zero-order chi connectivity index (χ0) is 18.9. The molecule has 0 spiro atoms. The van der Waals surface area contributed by atoms with Crippen molar-refractivity contribution in [1.29, 1.82) is 0 Å². The molecule has 0 radical (unpaired) electrons. The number of β-amino-alcohol motifs (C(OH)–C–C–N with tert-alkyl or cyclic N) is 2. The number of nitrogens with zero attached hydrogens (tertiary/aromatic N) is 3. The van der Waals surface area contributed by atoms with Gasteiger partial charge in [0.2, 0.25) is 0 Å². The molecule has 1 aromatic rings. The van der Waals surface area contributed by atoms with Crippen LogP contribution < -0.4 is 4.90 Å². The lowest BCUT2D eigenvalue weighted by Gasteiger charge is -2.41. The van der Waals surface area contributed by atoms with Crippen LogP contribution in [0, 0.1) is 5.92 Å². The highest BCUT2D eigenvalue weighted by atomic mass is 19.4. The second-order valence-electron chi connectivity index (χ2n) is 7.17. The fourth-order valence-electron chi connectivity index (χ4n) is 3.89. The monoisotopic (exact) mass is 375 g/mol. The molecule has 0 aliphatic carbocycles. The first-order chi connectivity index (χ1) is 12.3. The number of halogens is 3. The first-order valence-electron chi connectivity index (χ1n) is 8.79. The second kappa shape index (κ2) is 7.67. The molecule has 1 aromatic heterocycles. The summed E-state index contributed by atoms with van der Waals surface area (Å²) < 4.78 is 39.7. The molecule has 6 nitrogen and oxygen atoms in total. The van der Waals surface area contributed by atoms with Gasteiger partial charge in [-0.3, -0.25) is 4.90 Å². The zero-order valence-corrected chi connectivity index (χ0v) is 14.3. The maximum absolute atomic E-state index is 13.2. The summed E-state index contributed by atoms with van der Waals surface area (Å²) in [6.07, 6.45) is -4.92. The SMILES string of the molecule is O[C@H]1[C@H](O)CN(C[C@H]2CCCN(c3cccnc3C(F)(F)F)C2)C[C@@H]1O. The van der Waals surface area contributed by atoms with Crippen LogP contribution in [0.5, 0.6) is 0 Å². The molecule has 3 rings (SSSR count). The first kappa shape index (κ1) is 19.3. The number of hydrogen-bond donors (Lipinski definition) is 3. The molecular weight excluding hydrogens is 351 g/mol. The van der Waals surface area contributed by atoms with E-state index in [2.05, 4.69) is 4.98 Å². The molecule has 2 saturated heterocycles. The molecule has 0 unspecified atom stereocenters. The van der Waals surface area contributed by atoms with Crippen molar-refractivity contribution in [2.45, 2.75) is 37.3 Å². The van der Waals surface area contributed by atoms with Crippen molar-refractivity contribution >= 4 is 5.69 Å². The normalized spacial score (nSPS) is 31.2. The predicted molar refractivity (Wildman–Crippen MR) is 88.6 cm³/mol. The summed E-state index contributed by atoms with van der Waals surface area (Å²) in [7, 11) is 0. The van der Waals surface area contributed by atoms with Crippen molar-refractivity contribution < 1.29 is 28.5 Å². The molecule has 2 aliphatic rings. The van der Waals surface area contributed by atoms with Gasteiger partial charge in [-0.1, -0.05) is 0 Å². The largest absolute Gasteiger partial charge is 0.435 e. The summed E-state index contributed by atoms with van der Waals surface area (Å²) >= 11 is 0. The van der Waals surface area contributed by atoms with Crippen molar-refractivity contribution in [3.8, 4) is 0 Å². The van der Waals surface area contributed by atoms with E-state index in [1.807, 2.05) is 4.90 Å². The molecule has 3 heterocycles. The van der Waals surface area contributed by atoms with Gasteiger partial charge in [-0.15, -0.1) is 0 Å². The third-order valence-electron chi connectivity index (χ3n) is 5.11. The van der Waals surface area contributed by atoms with Gasteiger partial charge in [0.15, 0.2) is 5.69 Å². The van der Waals surface area contributed by atoms with E-state index >= 15 is 0 Å². The number of likely N-dealkylation sites (tertiary alicyclic amines) is 1. The number of aromatic nitrogens is 1. The summed E-state index contributed by atoms with van der Waals surface area (Å²) in [5.74, 6) is 0.111. The van der Waals surface area contributed by atoms with Crippen molar-refractivity contribution in [1.82, 2.24) is 9.88 Å². The Bertz CT molecular complexity index is 604. The van der Waals surface area contributed by atoms with Gasteiger partial charge in [-0.25, -0.2) is 4.98 Å². The lowest BCUT2D eigenvalue weighted by atomic mass is 9.94. The maximum Gasteiger partial charge on any atom is 0.435 e. The van der Waals surface area contributed by atoms with Gasteiger partial charge < -0.3 is 20.2 Å². The quantitative estimate of drug-likeness (QED) is 0.722. The number of aliphatic hydroxyl groups excluding tert-OH is 3. The minimum absolute atomic E-state index is 0.0961. The van der Waals surface area contributed by atoms with E-state index in [4.69, 9.17) is 0 Å². The van der Waals surface area contributed by atoms with Crippen molar-refractivity contribution in [3.63, 3.8) is 0 Å². The number of aliphatic hydroxyl groups is 3. The van der Waals surface area contributed by atoms with Gasteiger partial charge in [0.05, 0.1) is 17.9 Å². The van der Waals surface area contributed by atoms with Crippen molar-refractivity contribution in [3.05, 3.63) is 24.0 Å². The van der Waals surface area contributed by atoms with Gasteiger partial charge in [-0.05, 0) is 30.9 Å². The summed E-state index contributed by atoms with van der Waals surface area (Å²) in [6.45, 7) is 2.04. The predicted octanol–water partition coefficient (Wildman–Crippen LogP) is 0.715. The van der Waals surface area contributed by atoms with Gasteiger partial charge in [0.25, 0.3) is 0 Å². The number of pyridine rings is 1. The summed E-state index contributed by atoms with van der Waals surface area (Å²) in [5.41, 5.74) is -0.772. The molecule has 146 valence electrons. The summed E-state index contributed by atoms with van der Waals surface area (Å²) in [5, 5.41) is 29.2. The third-order valence-corrected chi connectivity index (χ3v) is 5.11. The standard InChI is InChI=1S/C17H24F3N3O3/c18-17(19,20)16-12(4-1-5-21-16)23-6-2-3-11(8-23)7-22-9-13(24)15(26)14(25)10-22/h1,4-5,11,13-15,24-26H,2-3,6-10H2/t11-,13-,14+,15+/m1/s1. The molecule has 0 aromatic carbocycles. The number of anilines is 1. The Balaban J connectivity index is 1.67. The maximum atomic E-state index is 13.2. The van der Waals surface area contributed by atoms with E-state index in [0.717, 1.165) is 19.0 Å². The Kier molecular flexibility index (Phi) is 5.71. The molecule has 0 amide bonds. The molecule has 3 N–H and O–H groups in total. The molecule has 0 saturated carbocycles. The van der Waals surface area contributed by atoms with Crippen LogP contribution >= 0.6 is 0 Å². The molecule has 4 atom stereocenters. The topological polar surface area (TPSA) is 80.1 Å². The third kappa shape index (κ3) is 4.28.